The van der Waals surface area contributed by atoms with Crippen molar-refractivity contribution in [3.63, 3.8) is 0 Å². The molecule has 1 atom stereocenters. The second-order valence-corrected chi connectivity index (χ2v) is 4.45. The molecule has 2 rings (SSSR count). The molecule has 1 aliphatic rings. The van der Waals surface area contributed by atoms with Crippen LogP contribution in [0.3, 0.4) is 0 Å². The van der Waals surface area contributed by atoms with Crippen LogP contribution in [0, 0.1) is 0 Å². The summed E-state index contributed by atoms with van der Waals surface area (Å²) in [6.07, 6.45) is 4.88. The van der Waals surface area contributed by atoms with Gasteiger partial charge >= 0.3 is 0 Å². The molecular weight excluding hydrogens is 202 g/mol. The quantitative estimate of drug-likeness (QED) is 0.819. The fourth-order valence-corrected chi connectivity index (χ4v) is 2.23. The summed E-state index contributed by atoms with van der Waals surface area (Å²) in [7, 11) is 0. The van der Waals surface area contributed by atoms with E-state index in [9.17, 15) is 0 Å². The minimum absolute atomic E-state index is 0.492. The summed E-state index contributed by atoms with van der Waals surface area (Å²) in [5.41, 5.74) is 6.53. The van der Waals surface area contributed by atoms with Crippen molar-refractivity contribution in [2.45, 2.75) is 32.1 Å². The third-order valence-electron chi connectivity index (χ3n) is 3.28. The van der Waals surface area contributed by atoms with Gasteiger partial charge in [-0.05, 0) is 38.9 Å². The monoisotopic (exact) mass is 223 g/mol. The van der Waals surface area contributed by atoms with Crippen LogP contribution in [0.2, 0.25) is 0 Å². The van der Waals surface area contributed by atoms with Gasteiger partial charge in [0.1, 0.15) is 6.26 Å². The Balaban J connectivity index is 1.92. The van der Waals surface area contributed by atoms with Crippen molar-refractivity contribution >= 4 is 0 Å². The number of likely N-dealkylation sites (tertiary alicyclic amines) is 1. The molecule has 90 valence electrons. The predicted octanol–water partition coefficient (Wildman–Crippen LogP) is 1.38. The molecule has 1 unspecified atom stereocenters. The van der Waals surface area contributed by atoms with Gasteiger partial charge in [-0.3, -0.25) is 0 Å². The highest BCUT2D eigenvalue weighted by Crippen LogP contribution is 2.26. The summed E-state index contributed by atoms with van der Waals surface area (Å²) in [5.74, 6) is 1.41. The molecule has 16 heavy (non-hydrogen) atoms. The van der Waals surface area contributed by atoms with Crippen molar-refractivity contribution in [1.82, 2.24) is 9.88 Å². The lowest BCUT2D eigenvalue weighted by atomic mass is 10.1. The van der Waals surface area contributed by atoms with E-state index in [1.54, 1.807) is 6.26 Å². The molecule has 2 heterocycles. The molecule has 0 amide bonds. The molecule has 0 radical (unpaired) electrons. The first-order chi connectivity index (χ1) is 7.83. The fourth-order valence-electron chi connectivity index (χ4n) is 2.23. The van der Waals surface area contributed by atoms with Crippen LogP contribution in [0.1, 0.15) is 37.3 Å². The Bertz CT molecular complexity index is 324. The molecule has 0 aromatic carbocycles. The lowest BCUT2D eigenvalue weighted by Crippen LogP contribution is -2.19. The van der Waals surface area contributed by atoms with E-state index in [0.29, 0.717) is 5.92 Å². The highest BCUT2D eigenvalue weighted by Gasteiger charge is 2.26. The minimum Gasteiger partial charge on any atom is -0.448 e. The zero-order chi connectivity index (χ0) is 11.4. The summed E-state index contributed by atoms with van der Waals surface area (Å²) >= 11 is 0. The molecule has 1 fully saturated rings. The molecule has 2 N–H and O–H groups in total. The van der Waals surface area contributed by atoms with Gasteiger partial charge in [-0.2, -0.15) is 0 Å². The van der Waals surface area contributed by atoms with Crippen LogP contribution in [0.25, 0.3) is 0 Å². The average molecular weight is 223 g/mol. The molecule has 1 aromatic heterocycles. The second-order valence-electron chi connectivity index (χ2n) is 4.45. The number of rotatable bonds is 5. The fraction of sp³-hybridized carbons (Fsp3) is 0.750. The third kappa shape index (κ3) is 2.62. The van der Waals surface area contributed by atoms with Gasteiger partial charge in [-0.25, -0.2) is 4.98 Å². The second kappa shape index (κ2) is 5.46. The van der Waals surface area contributed by atoms with Crippen molar-refractivity contribution in [3.05, 3.63) is 17.8 Å². The van der Waals surface area contributed by atoms with Crippen LogP contribution in [-0.2, 0) is 6.42 Å². The van der Waals surface area contributed by atoms with Crippen molar-refractivity contribution in [2.75, 3.05) is 26.2 Å². The molecule has 0 aliphatic carbocycles. The van der Waals surface area contributed by atoms with Crippen LogP contribution in [0.4, 0.5) is 0 Å². The minimum atomic E-state index is 0.492. The SMILES string of the molecule is CCN1CCC(c2nc(CCCN)co2)C1. The van der Waals surface area contributed by atoms with Crippen LogP contribution < -0.4 is 5.73 Å². The molecule has 1 aromatic rings. The highest BCUT2D eigenvalue weighted by molar-refractivity contribution is 5.03. The summed E-state index contributed by atoms with van der Waals surface area (Å²) < 4.78 is 5.56. The number of likely N-dealkylation sites (N-methyl/N-ethyl adjacent to an activating group) is 1. The number of hydrogen-bond acceptors (Lipinski definition) is 4. The Hall–Kier alpha value is -0.870. The number of nitrogens with two attached hydrogens (primary N) is 1. The van der Waals surface area contributed by atoms with E-state index in [4.69, 9.17) is 10.2 Å². The molecule has 0 saturated carbocycles. The van der Waals surface area contributed by atoms with E-state index >= 15 is 0 Å². The van der Waals surface area contributed by atoms with E-state index < -0.39 is 0 Å². The summed E-state index contributed by atoms with van der Waals surface area (Å²) in [6, 6.07) is 0. The van der Waals surface area contributed by atoms with Gasteiger partial charge in [0.05, 0.1) is 5.69 Å². The van der Waals surface area contributed by atoms with Crippen LogP contribution in [0.15, 0.2) is 10.7 Å². The van der Waals surface area contributed by atoms with Crippen molar-refractivity contribution in [2.24, 2.45) is 5.73 Å². The largest absolute Gasteiger partial charge is 0.448 e. The zero-order valence-corrected chi connectivity index (χ0v) is 9.98. The third-order valence-corrected chi connectivity index (χ3v) is 3.28. The van der Waals surface area contributed by atoms with E-state index in [0.717, 1.165) is 44.1 Å². The first kappa shape index (κ1) is 11.6. The van der Waals surface area contributed by atoms with Crippen LogP contribution in [-0.4, -0.2) is 36.1 Å². The van der Waals surface area contributed by atoms with Crippen LogP contribution in [0.5, 0.6) is 0 Å². The van der Waals surface area contributed by atoms with E-state index in [1.165, 1.54) is 13.0 Å². The van der Waals surface area contributed by atoms with Crippen molar-refractivity contribution in [3.8, 4) is 0 Å². The maximum Gasteiger partial charge on any atom is 0.198 e. The van der Waals surface area contributed by atoms with E-state index in [-0.39, 0.29) is 0 Å². The van der Waals surface area contributed by atoms with Gasteiger partial charge < -0.3 is 15.1 Å². The van der Waals surface area contributed by atoms with Gasteiger partial charge in [-0.15, -0.1) is 0 Å². The Morgan fingerprint density at radius 2 is 2.50 bits per heavy atom. The highest BCUT2D eigenvalue weighted by atomic mass is 16.3. The Labute approximate surface area is 96.8 Å². The zero-order valence-electron chi connectivity index (χ0n) is 9.98. The molecule has 0 spiro atoms. The lowest BCUT2D eigenvalue weighted by molar-refractivity contribution is 0.344. The summed E-state index contributed by atoms with van der Waals surface area (Å²) in [5, 5.41) is 0. The molecule has 1 saturated heterocycles. The number of hydrogen-bond donors (Lipinski definition) is 1. The number of oxazole rings is 1. The smallest absolute Gasteiger partial charge is 0.198 e. The van der Waals surface area contributed by atoms with Gasteiger partial charge in [-0.1, -0.05) is 6.92 Å². The van der Waals surface area contributed by atoms with E-state index in [1.807, 2.05) is 0 Å². The first-order valence-electron chi connectivity index (χ1n) is 6.20. The predicted molar refractivity (Wildman–Crippen MR) is 63.4 cm³/mol. The Kier molecular flexibility index (Phi) is 3.96. The maximum atomic E-state index is 5.56. The molecule has 4 heteroatoms. The van der Waals surface area contributed by atoms with Gasteiger partial charge in [0.15, 0.2) is 5.89 Å². The molecular formula is C12H21N3O. The number of aryl methyl sites for hydroxylation is 1. The average Bonchev–Trinajstić information content (AvgIpc) is 2.94. The maximum absolute atomic E-state index is 5.56. The first-order valence-corrected chi connectivity index (χ1v) is 6.20. The summed E-state index contributed by atoms with van der Waals surface area (Å²) in [4.78, 5) is 6.99. The Morgan fingerprint density at radius 3 is 3.19 bits per heavy atom. The summed E-state index contributed by atoms with van der Waals surface area (Å²) in [6.45, 7) is 6.30. The lowest BCUT2D eigenvalue weighted by Gasteiger charge is -2.10. The topological polar surface area (TPSA) is 55.3 Å². The number of nitrogens with zero attached hydrogens (tertiary/aromatic N) is 2. The van der Waals surface area contributed by atoms with Crippen molar-refractivity contribution < 1.29 is 4.42 Å². The van der Waals surface area contributed by atoms with Gasteiger partial charge in [0, 0.05) is 12.5 Å². The van der Waals surface area contributed by atoms with Gasteiger partial charge in [0.2, 0.25) is 0 Å². The molecule has 4 nitrogen and oxygen atoms in total. The standard InChI is InChI=1S/C12H21N3O/c1-2-15-7-5-10(8-15)12-14-11(9-16-12)4-3-6-13/h9-10H,2-8,13H2,1H3. The van der Waals surface area contributed by atoms with Gasteiger partial charge in [0.25, 0.3) is 0 Å². The van der Waals surface area contributed by atoms with Crippen molar-refractivity contribution in [1.29, 1.82) is 0 Å². The van der Waals surface area contributed by atoms with E-state index in [2.05, 4.69) is 16.8 Å². The molecule has 0 bridgehead atoms. The van der Waals surface area contributed by atoms with Crippen LogP contribution >= 0.6 is 0 Å². The number of aromatic nitrogens is 1. The normalized spacial score (nSPS) is 21.8. The molecule has 1 aliphatic heterocycles. The Morgan fingerprint density at radius 1 is 1.62 bits per heavy atom.